The third kappa shape index (κ3) is 4.69. The number of H-pyrrole nitrogens is 1. The predicted octanol–water partition coefficient (Wildman–Crippen LogP) is 5.12. The number of methoxy groups -OCH3 is 2. The van der Waals surface area contributed by atoms with Crippen LogP contribution in [0.5, 0.6) is 5.75 Å². The van der Waals surface area contributed by atoms with Crippen molar-refractivity contribution in [2.45, 2.75) is 26.3 Å². The number of hydrogen-bond acceptors (Lipinski definition) is 5. The van der Waals surface area contributed by atoms with Crippen molar-refractivity contribution in [2.24, 2.45) is 0 Å². The number of amides is 1. The van der Waals surface area contributed by atoms with E-state index in [1.807, 2.05) is 42.5 Å². The smallest absolute Gasteiger partial charge is 0.341 e. The van der Waals surface area contributed by atoms with Gasteiger partial charge in [0.2, 0.25) is 5.91 Å². The molecule has 0 radical (unpaired) electrons. The van der Waals surface area contributed by atoms with Crippen molar-refractivity contribution in [1.82, 2.24) is 9.88 Å². The van der Waals surface area contributed by atoms with Crippen LogP contribution >= 0.6 is 0 Å². The van der Waals surface area contributed by atoms with Crippen molar-refractivity contribution >= 4 is 22.8 Å². The second-order valence-electron chi connectivity index (χ2n) is 8.18. The summed E-state index contributed by atoms with van der Waals surface area (Å²) in [4.78, 5) is 29.9. The Balaban J connectivity index is 1.51. The zero-order chi connectivity index (χ0) is 24.2. The van der Waals surface area contributed by atoms with E-state index < -0.39 is 5.97 Å². The second kappa shape index (κ2) is 9.87. The largest absolute Gasteiger partial charge is 0.497 e. The molecule has 2 aromatic heterocycles. The van der Waals surface area contributed by atoms with Gasteiger partial charge in [-0.1, -0.05) is 18.2 Å². The van der Waals surface area contributed by atoms with Gasteiger partial charge >= 0.3 is 5.97 Å². The fourth-order valence-corrected chi connectivity index (χ4v) is 4.14. The highest BCUT2D eigenvalue weighted by molar-refractivity contribution is 5.92. The Kier molecular flexibility index (Phi) is 6.72. The van der Waals surface area contributed by atoms with Crippen LogP contribution in [0.3, 0.4) is 0 Å². The number of aromatic nitrogens is 1. The number of esters is 1. The molecule has 0 aliphatic heterocycles. The van der Waals surface area contributed by atoms with Crippen molar-refractivity contribution in [3.63, 3.8) is 0 Å². The summed E-state index contributed by atoms with van der Waals surface area (Å²) in [6.07, 6.45) is 0.921. The van der Waals surface area contributed by atoms with E-state index in [0.717, 1.165) is 33.5 Å². The number of hydrogen-bond donors (Lipinski definition) is 1. The maximum Gasteiger partial charge on any atom is 0.341 e. The Morgan fingerprint density at radius 1 is 1.06 bits per heavy atom. The standard InChI is InChI=1S/C27H28N2O5/c1-17-23(27(31)33-4)15-20(34-17)16-29(2)25(30)14-13-22-21-7-5-6-8-24(21)28-26(22)18-9-11-19(32-3)12-10-18/h5-12,15,28H,13-14,16H2,1-4H3. The molecule has 1 amide bonds. The molecule has 0 spiro atoms. The van der Waals surface area contributed by atoms with E-state index in [4.69, 9.17) is 13.9 Å². The van der Waals surface area contributed by atoms with Gasteiger partial charge in [-0.2, -0.15) is 0 Å². The maximum absolute atomic E-state index is 13.0. The molecule has 1 N–H and O–H groups in total. The molecule has 4 rings (SSSR count). The summed E-state index contributed by atoms with van der Waals surface area (Å²) in [7, 11) is 4.71. The van der Waals surface area contributed by atoms with Gasteiger partial charge in [-0.05, 0) is 60.9 Å². The number of carbonyl (C=O) groups excluding carboxylic acids is 2. The third-order valence-corrected chi connectivity index (χ3v) is 5.97. The first-order valence-corrected chi connectivity index (χ1v) is 11.1. The highest BCUT2D eigenvalue weighted by Gasteiger charge is 2.19. The Hall–Kier alpha value is -4.00. The molecule has 2 aromatic carbocycles. The molecule has 176 valence electrons. The normalized spacial score (nSPS) is 10.9. The Morgan fingerprint density at radius 3 is 2.50 bits per heavy atom. The van der Waals surface area contributed by atoms with Gasteiger partial charge in [0, 0.05) is 30.1 Å². The lowest BCUT2D eigenvalue weighted by atomic mass is 10.0. The number of nitrogens with zero attached hydrogens (tertiary/aromatic N) is 1. The van der Waals surface area contributed by atoms with Crippen LogP contribution in [-0.2, 0) is 22.5 Å². The number of benzene rings is 2. The molecule has 34 heavy (non-hydrogen) atoms. The van der Waals surface area contributed by atoms with Crippen LogP contribution < -0.4 is 4.74 Å². The Labute approximate surface area is 198 Å². The Morgan fingerprint density at radius 2 is 1.79 bits per heavy atom. The molecule has 4 aromatic rings. The second-order valence-corrected chi connectivity index (χ2v) is 8.18. The minimum absolute atomic E-state index is 0.0142. The number of aryl methyl sites for hydroxylation is 2. The number of ether oxygens (including phenoxy) is 2. The summed E-state index contributed by atoms with van der Waals surface area (Å²) < 4.78 is 15.7. The average molecular weight is 461 g/mol. The van der Waals surface area contributed by atoms with Gasteiger partial charge in [0.25, 0.3) is 0 Å². The van der Waals surface area contributed by atoms with Gasteiger partial charge in [0.15, 0.2) is 0 Å². The summed E-state index contributed by atoms with van der Waals surface area (Å²) >= 11 is 0. The van der Waals surface area contributed by atoms with Crippen LogP contribution in [-0.4, -0.2) is 43.0 Å². The van der Waals surface area contributed by atoms with Gasteiger partial charge in [0.1, 0.15) is 22.8 Å². The van der Waals surface area contributed by atoms with Gasteiger partial charge in [-0.25, -0.2) is 4.79 Å². The molecular weight excluding hydrogens is 432 g/mol. The third-order valence-electron chi connectivity index (χ3n) is 5.97. The molecule has 0 bridgehead atoms. The van der Waals surface area contributed by atoms with Crippen LogP contribution in [0.25, 0.3) is 22.2 Å². The molecule has 7 heteroatoms. The van der Waals surface area contributed by atoms with E-state index in [2.05, 4.69) is 11.1 Å². The number of aromatic amines is 1. The summed E-state index contributed by atoms with van der Waals surface area (Å²) in [5, 5.41) is 1.10. The fourth-order valence-electron chi connectivity index (χ4n) is 4.14. The van der Waals surface area contributed by atoms with Gasteiger partial charge in [-0.3, -0.25) is 4.79 Å². The predicted molar refractivity (Wildman–Crippen MR) is 130 cm³/mol. The molecular formula is C27H28N2O5. The lowest BCUT2D eigenvalue weighted by molar-refractivity contribution is -0.130. The number of rotatable bonds is 8. The maximum atomic E-state index is 13.0. The lowest BCUT2D eigenvalue weighted by Gasteiger charge is -2.16. The van der Waals surface area contributed by atoms with Crippen LogP contribution in [0.4, 0.5) is 0 Å². The first-order valence-electron chi connectivity index (χ1n) is 11.1. The monoisotopic (exact) mass is 460 g/mol. The molecule has 0 aliphatic rings. The van der Waals surface area contributed by atoms with E-state index in [1.165, 1.54) is 7.11 Å². The van der Waals surface area contributed by atoms with Gasteiger partial charge in [-0.15, -0.1) is 0 Å². The lowest BCUT2D eigenvalue weighted by Crippen LogP contribution is -2.26. The van der Waals surface area contributed by atoms with Crippen molar-refractivity contribution in [1.29, 1.82) is 0 Å². The number of para-hydroxylation sites is 1. The highest BCUT2D eigenvalue weighted by Crippen LogP contribution is 2.32. The first kappa shape index (κ1) is 23.2. The summed E-state index contributed by atoms with van der Waals surface area (Å²) in [6.45, 7) is 1.98. The quantitative estimate of drug-likeness (QED) is 0.369. The Bertz CT molecular complexity index is 1320. The summed E-state index contributed by atoms with van der Waals surface area (Å²) in [6, 6.07) is 17.6. The molecule has 0 aliphatic carbocycles. The molecule has 7 nitrogen and oxygen atoms in total. The van der Waals surface area contributed by atoms with Gasteiger partial charge < -0.3 is 23.8 Å². The van der Waals surface area contributed by atoms with E-state index in [0.29, 0.717) is 29.9 Å². The van der Waals surface area contributed by atoms with Crippen LogP contribution in [0, 0.1) is 6.92 Å². The van der Waals surface area contributed by atoms with E-state index >= 15 is 0 Å². The summed E-state index contributed by atoms with van der Waals surface area (Å²) in [5.74, 6) is 1.35. The number of carbonyl (C=O) groups is 2. The zero-order valence-electron chi connectivity index (χ0n) is 19.8. The molecule has 0 saturated heterocycles. The van der Waals surface area contributed by atoms with Crippen molar-refractivity contribution in [3.8, 4) is 17.0 Å². The van der Waals surface area contributed by atoms with E-state index in [1.54, 1.807) is 32.0 Å². The first-order chi connectivity index (χ1) is 16.4. The summed E-state index contributed by atoms with van der Waals surface area (Å²) in [5.41, 5.74) is 4.55. The molecule has 0 atom stereocenters. The van der Waals surface area contributed by atoms with Crippen molar-refractivity contribution in [3.05, 3.63) is 77.2 Å². The minimum Gasteiger partial charge on any atom is -0.497 e. The topological polar surface area (TPSA) is 84.8 Å². The number of nitrogens with one attached hydrogen (secondary N) is 1. The van der Waals surface area contributed by atoms with E-state index in [-0.39, 0.29) is 12.5 Å². The zero-order valence-corrected chi connectivity index (χ0v) is 19.8. The van der Waals surface area contributed by atoms with Crippen LogP contribution in [0.15, 0.2) is 59.0 Å². The highest BCUT2D eigenvalue weighted by atomic mass is 16.5. The molecule has 0 saturated carbocycles. The molecule has 0 unspecified atom stereocenters. The number of furan rings is 1. The van der Waals surface area contributed by atoms with Crippen LogP contribution in [0.2, 0.25) is 0 Å². The van der Waals surface area contributed by atoms with Gasteiger partial charge in [0.05, 0.1) is 20.8 Å². The van der Waals surface area contributed by atoms with Crippen molar-refractivity contribution < 1.29 is 23.5 Å². The minimum atomic E-state index is -0.452. The van der Waals surface area contributed by atoms with Crippen LogP contribution in [0.1, 0.15) is 33.9 Å². The number of fused-ring (bicyclic) bond motifs is 1. The fraction of sp³-hybridized carbons (Fsp3) is 0.259. The SMILES string of the molecule is COC(=O)c1cc(CN(C)C(=O)CCc2c(-c3ccc(OC)cc3)[nH]c3ccccc23)oc1C. The van der Waals surface area contributed by atoms with Crippen molar-refractivity contribution in [2.75, 3.05) is 21.3 Å². The average Bonchev–Trinajstić information content (AvgIpc) is 3.41. The molecule has 0 fully saturated rings. The molecule has 2 heterocycles. The van der Waals surface area contributed by atoms with E-state index in [9.17, 15) is 9.59 Å².